The van der Waals surface area contributed by atoms with Gasteiger partial charge in [0.1, 0.15) is 11.8 Å². The molecule has 0 aromatic heterocycles. The third-order valence-electron chi connectivity index (χ3n) is 1.74. The minimum atomic E-state index is 0.315. The van der Waals surface area contributed by atoms with Crippen LogP contribution in [0.25, 0.3) is 0 Å². The van der Waals surface area contributed by atoms with Gasteiger partial charge in [0.05, 0.1) is 18.2 Å². The van der Waals surface area contributed by atoms with Crippen LogP contribution in [0, 0.1) is 18.3 Å². The van der Waals surface area contributed by atoms with Crippen LogP contribution in [0.4, 0.5) is 0 Å². The lowest BCUT2D eigenvalue weighted by Gasteiger charge is -2.05. The number of carbonyl (C=O) groups excluding carboxylic acids is 1. The van der Waals surface area contributed by atoms with Crippen molar-refractivity contribution in [3.8, 4) is 11.8 Å². The highest BCUT2D eigenvalue weighted by Gasteiger charge is 2.08. The minimum Gasteiger partial charge on any atom is -0.496 e. The number of hydrogen-bond acceptors (Lipinski definition) is 3. The van der Waals surface area contributed by atoms with E-state index in [9.17, 15) is 4.79 Å². The minimum absolute atomic E-state index is 0.315. The number of ether oxygens (including phenoxy) is 1. The Morgan fingerprint density at radius 1 is 1.54 bits per heavy atom. The summed E-state index contributed by atoms with van der Waals surface area (Å²) in [6.07, 6.45) is 0.636. The first-order valence-electron chi connectivity index (χ1n) is 3.77. The van der Waals surface area contributed by atoms with Gasteiger partial charge in [-0.2, -0.15) is 5.26 Å². The number of nitrogens with zero attached hydrogens (tertiary/aromatic N) is 1. The molecule has 0 bridgehead atoms. The van der Waals surface area contributed by atoms with Crippen LogP contribution in [0.15, 0.2) is 12.1 Å². The molecule has 0 amide bonds. The number of benzene rings is 1. The second-order valence-corrected chi connectivity index (χ2v) is 2.66. The molecule has 0 aliphatic heterocycles. The second-order valence-electron chi connectivity index (χ2n) is 2.66. The van der Waals surface area contributed by atoms with E-state index in [1.54, 1.807) is 12.1 Å². The molecule has 0 aliphatic rings. The van der Waals surface area contributed by atoms with Crippen molar-refractivity contribution < 1.29 is 9.53 Å². The van der Waals surface area contributed by atoms with Gasteiger partial charge in [0.2, 0.25) is 0 Å². The Kier molecular flexibility index (Phi) is 2.65. The highest BCUT2D eigenvalue weighted by molar-refractivity contribution is 5.83. The number of methoxy groups -OCH3 is 1. The van der Waals surface area contributed by atoms with Crippen LogP contribution in [0.1, 0.15) is 21.5 Å². The molecule has 0 atom stereocenters. The highest BCUT2D eigenvalue weighted by atomic mass is 16.5. The first-order valence-corrected chi connectivity index (χ1v) is 3.77. The Balaban J connectivity index is 3.44. The van der Waals surface area contributed by atoms with Crippen molar-refractivity contribution in [2.45, 2.75) is 6.92 Å². The summed E-state index contributed by atoms with van der Waals surface area (Å²) in [5, 5.41) is 8.73. The summed E-state index contributed by atoms with van der Waals surface area (Å²) in [5.41, 5.74) is 1.57. The molecule has 0 unspecified atom stereocenters. The number of hydrogen-bond donors (Lipinski definition) is 0. The average Bonchev–Trinajstić information content (AvgIpc) is 2.16. The normalized spacial score (nSPS) is 9.00. The molecule has 0 aliphatic carbocycles. The summed E-state index contributed by atoms with van der Waals surface area (Å²) in [5.74, 6) is 0.451. The van der Waals surface area contributed by atoms with Gasteiger partial charge in [0.25, 0.3) is 0 Å². The predicted molar refractivity (Wildman–Crippen MR) is 47.8 cm³/mol. The SMILES string of the molecule is COc1cc(C)cc(C#N)c1C=O. The molecule has 0 saturated carbocycles. The van der Waals surface area contributed by atoms with Crippen LogP contribution in [0.3, 0.4) is 0 Å². The molecular weight excluding hydrogens is 166 g/mol. The van der Waals surface area contributed by atoms with Crippen LogP contribution in [0.2, 0.25) is 0 Å². The predicted octanol–water partition coefficient (Wildman–Crippen LogP) is 1.69. The third-order valence-corrected chi connectivity index (χ3v) is 1.74. The Morgan fingerprint density at radius 2 is 2.23 bits per heavy atom. The fourth-order valence-corrected chi connectivity index (χ4v) is 1.15. The van der Waals surface area contributed by atoms with Crippen molar-refractivity contribution in [2.24, 2.45) is 0 Å². The lowest BCUT2D eigenvalue weighted by molar-refractivity contribution is 0.112. The second kappa shape index (κ2) is 3.72. The first kappa shape index (κ1) is 9.27. The molecule has 0 saturated heterocycles. The summed E-state index contributed by atoms with van der Waals surface area (Å²) in [4.78, 5) is 10.6. The number of rotatable bonds is 2. The van der Waals surface area contributed by atoms with Gasteiger partial charge in [0, 0.05) is 0 Å². The molecule has 0 fully saturated rings. The van der Waals surface area contributed by atoms with Crippen LogP contribution < -0.4 is 4.74 Å². The standard InChI is InChI=1S/C10H9NO2/c1-7-3-8(5-11)9(6-12)10(4-7)13-2/h3-4,6H,1-2H3. The van der Waals surface area contributed by atoms with E-state index in [0.717, 1.165) is 5.56 Å². The van der Waals surface area contributed by atoms with Crippen LogP contribution in [-0.4, -0.2) is 13.4 Å². The largest absolute Gasteiger partial charge is 0.496 e. The van der Waals surface area contributed by atoms with Crippen molar-refractivity contribution in [1.29, 1.82) is 5.26 Å². The van der Waals surface area contributed by atoms with Gasteiger partial charge in [-0.05, 0) is 24.6 Å². The maximum absolute atomic E-state index is 10.6. The molecule has 0 heterocycles. The Bertz CT molecular complexity index is 377. The topological polar surface area (TPSA) is 50.1 Å². The smallest absolute Gasteiger partial charge is 0.155 e. The zero-order valence-electron chi connectivity index (χ0n) is 7.50. The summed E-state index contributed by atoms with van der Waals surface area (Å²) in [6, 6.07) is 5.34. The van der Waals surface area contributed by atoms with Crippen molar-refractivity contribution in [3.05, 3.63) is 28.8 Å². The molecule has 66 valence electrons. The van der Waals surface area contributed by atoms with E-state index < -0.39 is 0 Å². The number of aryl methyl sites for hydroxylation is 1. The molecule has 3 heteroatoms. The summed E-state index contributed by atoms with van der Waals surface area (Å²) in [7, 11) is 1.48. The number of carbonyl (C=O) groups is 1. The first-order chi connectivity index (χ1) is 6.22. The van der Waals surface area contributed by atoms with Gasteiger partial charge in [-0.3, -0.25) is 4.79 Å². The van der Waals surface area contributed by atoms with E-state index >= 15 is 0 Å². The maximum atomic E-state index is 10.6. The summed E-state index contributed by atoms with van der Waals surface area (Å²) >= 11 is 0. The van der Waals surface area contributed by atoms with Gasteiger partial charge in [0.15, 0.2) is 6.29 Å². The molecular formula is C10H9NO2. The van der Waals surface area contributed by atoms with Crippen LogP contribution in [0.5, 0.6) is 5.75 Å². The molecule has 1 aromatic carbocycles. The van der Waals surface area contributed by atoms with Gasteiger partial charge in [-0.15, -0.1) is 0 Å². The Morgan fingerprint density at radius 3 is 2.69 bits per heavy atom. The van der Waals surface area contributed by atoms with E-state index in [2.05, 4.69) is 0 Å². The lowest BCUT2D eigenvalue weighted by atomic mass is 10.1. The third kappa shape index (κ3) is 1.67. The van der Waals surface area contributed by atoms with E-state index in [-0.39, 0.29) is 0 Å². The number of nitriles is 1. The zero-order chi connectivity index (χ0) is 9.84. The number of aldehydes is 1. The fourth-order valence-electron chi connectivity index (χ4n) is 1.15. The Hall–Kier alpha value is -1.82. The zero-order valence-corrected chi connectivity index (χ0v) is 7.50. The molecule has 0 radical (unpaired) electrons. The molecule has 0 N–H and O–H groups in total. The van der Waals surface area contributed by atoms with Crippen LogP contribution in [-0.2, 0) is 0 Å². The molecule has 1 rings (SSSR count). The summed E-state index contributed by atoms with van der Waals surface area (Å²) < 4.78 is 4.98. The van der Waals surface area contributed by atoms with Crippen molar-refractivity contribution in [2.75, 3.05) is 7.11 Å². The van der Waals surface area contributed by atoms with Crippen LogP contribution >= 0.6 is 0 Å². The fraction of sp³-hybridized carbons (Fsp3) is 0.200. The summed E-state index contributed by atoms with van der Waals surface area (Å²) in [6.45, 7) is 1.85. The van der Waals surface area contributed by atoms with Crippen molar-refractivity contribution >= 4 is 6.29 Å². The quantitative estimate of drug-likeness (QED) is 0.642. The van der Waals surface area contributed by atoms with E-state index in [1.807, 2.05) is 13.0 Å². The van der Waals surface area contributed by atoms with Crippen molar-refractivity contribution in [1.82, 2.24) is 0 Å². The lowest BCUT2D eigenvalue weighted by Crippen LogP contribution is -1.95. The maximum Gasteiger partial charge on any atom is 0.155 e. The van der Waals surface area contributed by atoms with E-state index in [4.69, 9.17) is 10.00 Å². The van der Waals surface area contributed by atoms with Crippen molar-refractivity contribution in [3.63, 3.8) is 0 Å². The van der Waals surface area contributed by atoms with Gasteiger partial charge in [-0.25, -0.2) is 0 Å². The molecule has 13 heavy (non-hydrogen) atoms. The van der Waals surface area contributed by atoms with Gasteiger partial charge in [-0.1, -0.05) is 0 Å². The van der Waals surface area contributed by atoms with Gasteiger partial charge >= 0.3 is 0 Å². The highest BCUT2D eigenvalue weighted by Crippen LogP contribution is 2.21. The van der Waals surface area contributed by atoms with E-state index in [0.29, 0.717) is 23.2 Å². The van der Waals surface area contributed by atoms with Gasteiger partial charge < -0.3 is 4.74 Å². The molecule has 3 nitrogen and oxygen atoms in total. The average molecular weight is 175 g/mol. The monoisotopic (exact) mass is 175 g/mol. The molecule has 0 spiro atoms. The molecule has 1 aromatic rings. The van der Waals surface area contributed by atoms with E-state index in [1.165, 1.54) is 7.11 Å². The Labute approximate surface area is 76.6 Å².